The number of hydrogen-bond donors (Lipinski definition) is 1. The van der Waals surface area contributed by atoms with Crippen molar-refractivity contribution in [3.8, 4) is 0 Å². The second-order valence-corrected chi connectivity index (χ2v) is 7.58. The number of quaternary nitrogens is 1. The molecule has 0 spiro atoms. The first-order chi connectivity index (χ1) is 7.72. The first kappa shape index (κ1) is 14.9. The topological polar surface area (TPSA) is 54.4 Å². The second kappa shape index (κ2) is 5.67. The van der Waals surface area contributed by atoms with Gasteiger partial charge in [0.25, 0.3) is 10.1 Å². The molecule has 0 amide bonds. The highest BCUT2D eigenvalue weighted by molar-refractivity contribution is 7.85. The third-order valence-corrected chi connectivity index (χ3v) is 4.93. The Morgan fingerprint density at radius 3 is 2.24 bits per heavy atom. The van der Waals surface area contributed by atoms with Crippen LogP contribution < -0.4 is 0 Å². The van der Waals surface area contributed by atoms with Crippen LogP contribution in [0, 0.1) is 11.8 Å². The van der Waals surface area contributed by atoms with E-state index in [1.54, 1.807) is 0 Å². The van der Waals surface area contributed by atoms with Crippen molar-refractivity contribution in [2.24, 2.45) is 11.8 Å². The van der Waals surface area contributed by atoms with Gasteiger partial charge in [-0.25, -0.2) is 0 Å². The lowest BCUT2D eigenvalue weighted by molar-refractivity contribution is -0.915. The smallest absolute Gasteiger partial charge is 0.265 e. The highest BCUT2D eigenvalue weighted by Gasteiger charge is 2.31. The first-order valence-corrected chi connectivity index (χ1v) is 8.11. The van der Waals surface area contributed by atoms with E-state index in [-0.39, 0.29) is 5.75 Å². The standard InChI is InChI=1S/C12H25NO3S/c1-11(2)12-5-8-13(3,9-6-12)7-4-10-17(14,15)16/h11-12H,4-10H2,1-3H3/p+1. The molecule has 1 saturated heterocycles. The Kier molecular flexibility index (Phi) is 4.98. The molecule has 1 N–H and O–H groups in total. The molecule has 1 aliphatic rings. The van der Waals surface area contributed by atoms with Crippen molar-refractivity contribution in [3.05, 3.63) is 0 Å². The molecule has 1 heterocycles. The van der Waals surface area contributed by atoms with Crippen molar-refractivity contribution in [1.82, 2.24) is 0 Å². The SMILES string of the molecule is CC(C)C1CC[N+](C)(CCCS(=O)(=O)O)CC1. The lowest BCUT2D eigenvalue weighted by Gasteiger charge is -2.41. The van der Waals surface area contributed by atoms with Crippen molar-refractivity contribution < 1.29 is 17.5 Å². The van der Waals surface area contributed by atoms with E-state index in [1.807, 2.05) is 0 Å². The molecule has 1 aliphatic heterocycles. The third kappa shape index (κ3) is 5.36. The molecule has 0 unspecified atom stereocenters. The molecular formula is C12H26NO3S+. The van der Waals surface area contributed by atoms with E-state index >= 15 is 0 Å². The Hall–Kier alpha value is -0.130. The van der Waals surface area contributed by atoms with Crippen LogP contribution in [0.1, 0.15) is 33.1 Å². The molecule has 0 saturated carbocycles. The summed E-state index contributed by atoms with van der Waals surface area (Å²) in [6.45, 7) is 7.67. The van der Waals surface area contributed by atoms with Crippen LogP contribution in [0.4, 0.5) is 0 Å². The van der Waals surface area contributed by atoms with Crippen LogP contribution in [0.15, 0.2) is 0 Å². The minimum absolute atomic E-state index is 0.103. The molecular weight excluding hydrogens is 238 g/mol. The molecule has 102 valence electrons. The van der Waals surface area contributed by atoms with Crippen LogP contribution in [0.5, 0.6) is 0 Å². The quantitative estimate of drug-likeness (QED) is 0.608. The zero-order valence-corrected chi connectivity index (χ0v) is 12.0. The summed E-state index contributed by atoms with van der Waals surface area (Å²) in [7, 11) is -1.59. The third-order valence-electron chi connectivity index (χ3n) is 4.12. The fraction of sp³-hybridized carbons (Fsp3) is 1.00. The predicted octanol–water partition coefficient (Wildman–Crippen LogP) is 1.78. The van der Waals surface area contributed by atoms with Crippen LogP contribution in [0.2, 0.25) is 0 Å². The Balaban J connectivity index is 2.35. The average molecular weight is 264 g/mol. The van der Waals surface area contributed by atoms with Gasteiger partial charge in [0.2, 0.25) is 0 Å². The van der Waals surface area contributed by atoms with Gasteiger partial charge in [0.15, 0.2) is 0 Å². The van der Waals surface area contributed by atoms with Gasteiger partial charge in [0.05, 0.1) is 32.4 Å². The average Bonchev–Trinajstić information content (AvgIpc) is 2.15. The van der Waals surface area contributed by atoms with E-state index in [9.17, 15) is 8.42 Å². The number of hydrogen-bond acceptors (Lipinski definition) is 2. The number of likely N-dealkylation sites (tertiary alicyclic amines) is 1. The van der Waals surface area contributed by atoms with E-state index in [1.165, 1.54) is 12.8 Å². The number of rotatable bonds is 5. The molecule has 1 rings (SSSR count). The van der Waals surface area contributed by atoms with Crippen LogP contribution in [-0.2, 0) is 10.1 Å². The molecule has 17 heavy (non-hydrogen) atoms. The summed E-state index contributed by atoms with van der Waals surface area (Å²) >= 11 is 0. The van der Waals surface area contributed by atoms with Crippen molar-refractivity contribution in [1.29, 1.82) is 0 Å². The zero-order chi connectivity index (χ0) is 13.1. The first-order valence-electron chi connectivity index (χ1n) is 6.51. The van der Waals surface area contributed by atoms with Crippen molar-refractivity contribution in [2.45, 2.75) is 33.1 Å². The van der Waals surface area contributed by atoms with Gasteiger partial charge in [-0.05, 0) is 24.7 Å². The van der Waals surface area contributed by atoms with Crippen LogP contribution in [0.25, 0.3) is 0 Å². The van der Waals surface area contributed by atoms with Crippen molar-refractivity contribution in [3.63, 3.8) is 0 Å². The second-order valence-electron chi connectivity index (χ2n) is 6.01. The van der Waals surface area contributed by atoms with Gasteiger partial charge < -0.3 is 4.48 Å². The van der Waals surface area contributed by atoms with Gasteiger partial charge >= 0.3 is 0 Å². The zero-order valence-electron chi connectivity index (χ0n) is 11.2. The van der Waals surface area contributed by atoms with Crippen LogP contribution >= 0.6 is 0 Å². The molecule has 0 bridgehead atoms. The van der Waals surface area contributed by atoms with Gasteiger partial charge in [-0.3, -0.25) is 4.55 Å². The Morgan fingerprint density at radius 1 is 1.29 bits per heavy atom. The molecule has 5 heteroatoms. The summed E-state index contributed by atoms with van der Waals surface area (Å²) in [5.41, 5.74) is 0. The fourth-order valence-corrected chi connectivity index (χ4v) is 3.22. The van der Waals surface area contributed by atoms with Crippen LogP contribution in [-0.4, -0.2) is 49.9 Å². The molecule has 0 radical (unpaired) electrons. The summed E-state index contributed by atoms with van der Waals surface area (Å²) in [4.78, 5) is 0. The normalized spacial score (nSPS) is 30.8. The van der Waals surface area contributed by atoms with Gasteiger partial charge in [-0.2, -0.15) is 8.42 Å². The summed E-state index contributed by atoms with van der Waals surface area (Å²) in [6, 6.07) is 0. The maximum Gasteiger partial charge on any atom is 0.265 e. The summed E-state index contributed by atoms with van der Waals surface area (Å²) in [6.07, 6.45) is 3.03. The lowest BCUT2D eigenvalue weighted by atomic mass is 9.86. The molecule has 4 nitrogen and oxygen atoms in total. The molecule has 0 aromatic rings. The Labute approximate surface area is 105 Å². The Bertz CT molecular complexity index is 330. The van der Waals surface area contributed by atoms with Crippen molar-refractivity contribution >= 4 is 10.1 Å². The Morgan fingerprint density at radius 2 is 1.82 bits per heavy atom. The van der Waals surface area contributed by atoms with E-state index in [0.29, 0.717) is 6.42 Å². The van der Waals surface area contributed by atoms with Gasteiger partial charge in [-0.1, -0.05) is 13.8 Å². The number of piperidine rings is 1. The molecule has 1 fully saturated rings. The fourth-order valence-electron chi connectivity index (χ4n) is 2.73. The molecule has 0 aromatic carbocycles. The van der Waals surface area contributed by atoms with Crippen LogP contribution in [0.3, 0.4) is 0 Å². The minimum atomic E-state index is -3.79. The largest absolute Gasteiger partial charge is 0.326 e. The van der Waals surface area contributed by atoms with E-state index in [2.05, 4.69) is 20.9 Å². The molecule has 0 aromatic heterocycles. The maximum absolute atomic E-state index is 10.7. The molecule has 0 aliphatic carbocycles. The lowest BCUT2D eigenvalue weighted by Crippen LogP contribution is -2.51. The summed E-state index contributed by atoms with van der Waals surface area (Å²) in [5.74, 6) is 1.47. The minimum Gasteiger partial charge on any atom is -0.326 e. The van der Waals surface area contributed by atoms with E-state index < -0.39 is 10.1 Å². The van der Waals surface area contributed by atoms with Gasteiger partial charge in [0, 0.05) is 6.42 Å². The summed E-state index contributed by atoms with van der Waals surface area (Å²) in [5, 5.41) is 0. The highest BCUT2D eigenvalue weighted by atomic mass is 32.2. The summed E-state index contributed by atoms with van der Waals surface area (Å²) < 4.78 is 31.0. The van der Waals surface area contributed by atoms with E-state index in [0.717, 1.165) is 36.0 Å². The van der Waals surface area contributed by atoms with Gasteiger partial charge in [-0.15, -0.1) is 0 Å². The highest BCUT2D eigenvalue weighted by Crippen LogP contribution is 2.27. The van der Waals surface area contributed by atoms with E-state index in [4.69, 9.17) is 4.55 Å². The van der Waals surface area contributed by atoms with Gasteiger partial charge in [0.1, 0.15) is 0 Å². The molecule has 0 atom stereocenters. The number of nitrogens with zero attached hydrogens (tertiary/aromatic N) is 1. The maximum atomic E-state index is 10.7. The van der Waals surface area contributed by atoms with Crippen molar-refractivity contribution in [2.75, 3.05) is 32.4 Å². The monoisotopic (exact) mass is 264 g/mol. The predicted molar refractivity (Wildman–Crippen MR) is 69.4 cm³/mol.